The Morgan fingerprint density at radius 2 is 2.00 bits per heavy atom. The molecular formula is C16H17ClN6O2. The van der Waals surface area contributed by atoms with Gasteiger partial charge < -0.3 is 16.0 Å². The number of fused-ring (bicyclic) bond motifs is 2. The summed E-state index contributed by atoms with van der Waals surface area (Å²) in [6.45, 7) is 0. The summed E-state index contributed by atoms with van der Waals surface area (Å²) in [7, 11) is 1.70. The summed E-state index contributed by atoms with van der Waals surface area (Å²) in [5.74, 6) is 0.469. The van der Waals surface area contributed by atoms with Gasteiger partial charge in [-0.1, -0.05) is 11.6 Å². The van der Waals surface area contributed by atoms with Gasteiger partial charge in [-0.25, -0.2) is 9.97 Å². The van der Waals surface area contributed by atoms with Crippen LogP contribution in [0, 0.1) is 0 Å². The van der Waals surface area contributed by atoms with Crippen molar-refractivity contribution in [2.75, 3.05) is 17.7 Å². The fourth-order valence-corrected chi connectivity index (χ4v) is 4.01. The van der Waals surface area contributed by atoms with E-state index in [2.05, 4.69) is 15.3 Å². The van der Waals surface area contributed by atoms with Crippen LogP contribution in [0.5, 0.6) is 0 Å². The smallest absolute Gasteiger partial charge is 0.277 e. The zero-order valence-electron chi connectivity index (χ0n) is 13.6. The molecule has 1 aliphatic heterocycles. The molecule has 1 aliphatic carbocycles. The Hall–Kier alpha value is -2.61. The highest BCUT2D eigenvalue weighted by Gasteiger charge is 2.47. The minimum absolute atomic E-state index is 0.230. The normalized spacial score (nSPS) is 17.6. The summed E-state index contributed by atoms with van der Waals surface area (Å²) in [5.41, 5.74) is 5.31. The largest absolute Gasteiger partial charge is 0.384 e. The Kier molecular flexibility index (Phi) is 3.47. The van der Waals surface area contributed by atoms with Crippen LogP contribution < -0.4 is 21.5 Å². The monoisotopic (exact) mass is 360 g/mol. The molecule has 4 rings (SSSR count). The van der Waals surface area contributed by atoms with Gasteiger partial charge in [0.15, 0.2) is 0 Å². The van der Waals surface area contributed by atoms with Gasteiger partial charge in [0.05, 0.1) is 5.02 Å². The number of hydrogen-bond acceptors (Lipinski definition) is 6. The maximum absolute atomic E-state index is 13.2. The van der Waals surface area contributed by atoms with Crippen molar-refractivity contribution in [2.45, 2.75) is 31.3 Å². The molecule has 25 heavy (non-hydrogen) atoms. The van der Waals surface area contributed by atoms with E-state index < -0.39 is 5.66 Å². The molecule has 8 nitrogen and oxygen atoms in total. The van der Waals surface area contributed by atoms with E-state index in [0.29, 0.717) is 17.3 Å². The third-order valence-electron chi connectivity index (χ3n) is 4.93. The Labute approximate surface area is 148 Å². The average Bonchev–Trinajstić information content (AvgIpc) is 3.15. The summed E-state index contributed by atoms with van der Waals surface area (Å²) in [5, 5.41) is 3.21. The molecule has 0 radical (unpaired) electrons. The summed E-state index contributed by atoms with van der Waals surface area (Å²) in [6.07, 6.45) is 4.67. The lowest BCUT2D eigenvalue weighted by Crippen LogP contribution is -2.45. The third kappa shape index (κ3) is 2.28. The number of rotatable bonds is 2. The molecular weight excluding hydrogens is 344 g/mol. The van der Waals surface area contributed by atoms with Gasteiger partial charge in [-0.2, -0.15) is 0 Å². The number of aromatic nitrogens is 3. The Balaban J connectivity index is 1.91. The predicted molar refractivity (Wildman–Crippen MR) is 94.1 cm³/mol. The van der Waals surface area contributed by atoms with Crippen LogP contribution in [0.4, 0.5) is 17.3 Å². The molecule has 0 aromatic carbocycles. The first kappa shape index (κ1) is 15.9. The van der Waals surface area contributed by atoms with Crippen LogP contribution in [-0.2, 0) is 5.66 Å². The summed E-state index contributed by atoms with van der Waals surface area (Å²) < 4.78 is 1.53. The molecule has 1 fully saturated rings. The van der Waals surface area contributed by atoms with E-state index in [0.717, 1.165) is 25.7 Å². The summed E-state index contributed by atoms with van der Waals surface area (Å²) in [4.78, 5) is 35.2. The van der Waals surface area contributed by atoms with Crippen LogP contribution in [0.25, 0.3) is 0 Å². The first-order valence-electron chi connectivity index (χ1n) is 8.03. The van der Waals surface area contributed by atoms with Crippen molar-refractivity contribution >= 4 is 34.8 Å². The fraction of sp³-hybridized carbons (Fsp3) is 0.375. The van der Waals surface area contributed by atoms with Gasteiger partial charge >= 0.3 is 0 Å². The molecule has 130 valence electrons. The van der Waals surface area contributed by atoms with E-state index in [9.17, 15) is 9.59 Å². The number of hydrogen-bond donors (Lipinski definition) is 2. The van der Waals surface area contributed by atoms with Gasteiger partial charge in [0.25, 0.3) is 11.5 Å². The molecule has 0 saturated heterocycles. The molecule has 0 bridgehead atoms. The van der Waals surface area contributed by atoms with Crippen molar-refractivity contribution in [3.05, 3.63) is 39.5 Å². The average molecular weight is 361 g/mol. The number of halogens is 1. The number of nitrogens with zero attached hydrogens (tertiary/aromatic N) is 4. The van der Waals surface area contributed by atoms with E-state index in [1.165, 1.54) is 17.0 Å². The summed E-state index contributed by atoms with van der Waals surface area (Å²) >= 11 is 6.36. The molecule has 0 atom stereocenters. The second-order valence-corrected chi connectivity index (χ2v) is 6.83. The lowest BCUT2D eigenvalue weighted by atomic mass is 10.1. The molecule has 1 saturated carbocycles. The second kappa shape index (κ2) is 5.45. The molecule has 2 aromatic heterocycles. The van der Waals surface area contributed by atoms with Crippen LogP contribution >= 0.6 is 11.6 Å². The third-order valence-corrected chi connectivity index (χ3v) is 5.22. The standard InChI is InChI=1S/C16H17ClN6O2/c1-22(12-7-11(18)19-8-20-12)10-6-9(17)13-14(24)21-16(4-2-3-5-16)23(13)15(10)25/h6-8H,2-5H2,1H3,(H,21,24)(H2,18,19,20). The number of amides is 1. The van der Waals surface area contributed by atoms with Gasteiger partial charge in [0.1, 0.15) is 35.0 Å². The number of nitrogens with one attached hydrogen (secondary N) is 1. The van der Waals surface area contributed by atoms with Gasteiger partial charge in [0.2, 0.25) is 0 Å². The van der Waals surface area contributed by atoms with Crippen molar-refractivity contribution in [2.24, 2.45) is 0 Å². The first-order chi connectivity index (χ1) is 11.9. The molecule has 2 aliphatic rings. The molecule has 3 N–H and O–H groups in total. The van der Waals surface area contributed by atoms with Crippen LogP contribution in [0.1, 0.15) is 36.2 Å². The molecule has 0 unspecified atom stereocenters. The van der Waals surface area contributed by atoms with Crippen molar-refractivity contribution in [3.63, 3.8) is 0 Å². The highest BCUT2D eigenvalue weighted by molar-refractivity contribution is 6.34. The van der Waals surface area contributed by atoms with Crippen molar-refractivity contribution in [1.82, 2.24) is 19.9 Å². The van der Waals surface area contributed by atoms with Crippen molar-refractivity contribution in [3.8, 4) is 0 Å². The molecule has 3 heterocycles. The fourth-order valence-electron chi connectivity index (χ4n) is 3.73. The SMILES string of the molecule is CN(c1cc(N)ncn1)c1cc(Cl)c2n(c1=O)C1(CCCC1)NC2=O. The molecule has 9 heteroatoms. The Bertz CT molecular complexity index is 935. The van der Waals surface area contributed by atoms with Crippen molar-refractivity contribution in [1.29, 1.82) is 0 Å². The Morgan fingerprint density at radius 3 is 2.68 bits per heavy atom. The number of nitrogens with two attached hydrogens (primary N) is 1. The predicted octanol–water partition coefficient (Wildman–Crippen LogP) is 1.61. The van der Waals surface area contributed by atoms with E-state index in [-0.39, 0.29) is 22.2 Å². The second-order valence-electron chi connectivity index (χ2n) is 6.42. The van der Waals surface area contributed by atoms with Gasteiger partial charge in [0, 0.05) is 13.1 Å². The number of carbonyl (C=O) groups is 1. The van der Waals surface area contributed by atoms with Crippen LogP contribution in [0.3, 0.4) is 0 Å². The Morgan fingerprint density at radius 1 is 1.28 bits per heavy atom. The first-order valence-corrected chi connectivity index (χ1v) is 8.40. The zero-order valence-corrected chi connectivity index (χ0v) is 14.4. The number of nitrogen functional groups attached to an aromatic ring is 1. The number of carbonyl (C=O) groups excluding carboxylic acids is 1. The lowest BCUT2D eigenvalue weighted by molar-refractivity contribution is 0.0920. The quantitative estimate of drug-likeness (QED) is 0.842. The summed E-state index contributed by atoms with van der Waals surface area (Å²) in [6, 6.07) is 3.07. The van der Waals surface area contributed by atoms with Crippen LogP contribution in [0.2, 0.25) is 5.02 Å². The van der Waals surface area contributed by atoms with E-state index >= 15 is 0 Å². The highest BCUT2D eigenvalue weighted by Crippen LogP contribution is 2.40. The van der Waals surface area contributed by atoms with E-state index in [1.807, 2.05) is 0 Å². The topological polar surface area (TPSA) is 106 Å². The van der Waals surface area contributed by atoms with Gasteiger partial charge in [-0.15, -0.1) is 0 Å². The molecule has 2 aromatic rings. The highest BCUT2D eigenvalue weighted by atomic mass is 35.5. The molecule has 1 amide bonds. The van der Waals surface area contributed by atoms with Crippen molar-refractivity contribution < 1.29 is 4.79 Å². The molecule has 1 spiro atoms. The lowest BCUT2D eigenvalue weighted by Gasteiger charge is -2.28. The number of pyridine rings is 1. The van der Waals surface area contributed by atoms with Gasteiger partial charge in [-0.05, 0) is 31.7 Å². The minimum atomic E-state index is -0.672. The van der Waals surface area contributed by atoms with Gasteiger partial charge in [-0.3, -0.25) is 14.2 Å². The van der Waals surface area contributed by atoms with Crippen LogP contribution in [0.15, 0.2) is 23.3 Å². The number of anilines is 3. The minimum Gasteiger partial charge on any atom is -0.384 e. The maximum atomic E-state index is 13.2. The van der Waals surface area contributed by atoms with E-state index in [4.69, 9.17) is 17.3 Å². The van der Waals surface area contributed by atoms with Crippen LogP contribution in [-0.4, -0.2) is 27.5 Å². The zero-order chi connectivity index (χ0) is 17.8. The maximum Gasteiger partial charge on any atom is 0.277 e. The van der Waals surface area contributed by atoms with E-state index in [1.54, 1.807) is 18.0 Å².